The Morgan fingerprint density at radius 2 is 2.28 bits per heavy atom. The van der Waals surface area contributed by atoms with Crippen LogP contribution in [0, 0.1) is 6.92 Å². The van der Waals surface area contributed by atoms with Crippen LogP contribution in [0.2, 0.25) is 0 Å². The molecule has 1 aliphatic carbocycles. The molecule has 1 aromatic rings. The topological polar surface area (TPSA) is 71.5 Å². The lowest BCUT2D eigenvalue weighted by molar-refractivity contribution is -0.148. The number of methoxy groups -OCH3 is 1. The standard InChI is InChI=1S/C13H18N2O3/c1-9-6-11(18-2)7-10(15-9)8-14-13(12(16)17)4-3-5-13/h6-7,14H,3-5,8H2,1-2H3,(H,16,17). The van der Waals surface area contributed by atoms with E-state index in [4.69, 9.17) is 4.74 Å². The molecule has 1 aromatic heterocycles. The van der Waals surface area contributed by atoms with E-state index in [0.717, 1.165) is 23.6 Å². The first-order chi connectivity index (χ1) is 8.55. The van der Waals surface area contributed by atoms with Gasteiger partial charge in [-0.15, -0.1) is 0 Å². The van der Waals surface area contributed by atoms with Gasteiger partial charge in [-0.2, -0.15) is 0 Å². The van der Waals surface area contributed by atoms with E-state index >= 15 is 0 Å². The summed E-state index contributed by atoms with van der Waals surface area (Å²) < 4.78 is 5.17. The molecule has 1 saturated carbocycles. The number of nitrogens with one attached hydrogen (secondary N) is 1. The van der Waals surface area contributed by atoms with Crippen LogP contribution >= 0.6 is 0 Å². The Morgan fingerprint density at radius 3 is 2.78 bits per heavy atom. The van der Waals surface area contributed by atoms with Crippen LogP contribution in [0.4, 0.5) is 0 Å². The highest BCUT2D eigenvalue weighted by Crippen LogP contribution is 2.32. The molecule has 0 unspecified atom stereocenters. The van der Waals surface area contributed by atoms with E-state index in [1.807, 2.05) is 19.1 Å². The number of aromatic nitrogens is 1. The van der Waals surface area contributed by atoms with Gasteiger partial charge in [-0.3, -0.25) is 15.1 Å². The normalized spacial score (nSPS) is 17.0. The van der Waals surface area contributed by atoms with Gasteiger partial charge in [0.2, 0.25) is 0 Å². The maximum absolute atomic E-state index is 11.2. The monoisotopic (exact) mass is 250 g/mol. The molecule has 0 amide bonds. The second kappa shape index (κ2) is 4.94. The molecule has 0 saturated heterocycles. The van der Waals surface area contributed by atoms with Crippen LogP contribution in [-0.4, -0.2) is 28.7 Å². The Hall–Kier alpha value is -1.62. The fraction of sp³-hybridized carbons (Fsp3) is 0.538. The molecule has 5 nitrogen and oxygen atoms in total. The molecule has 0 aromatic carbocycles. The SMILES string of the molecule is COc1cc(C)nc(CNC2(C(=O)O)CCC2)c1. The quantitative estimate of drug-likeness (QED) is 0.828. The van der Waals surface area contributed by atoms with E-state index in [0.29, 0.717) is 19.4 Å². The fourth-order valence-electron chi connectivity index (χ4n) is 2.17. The first-order valence-corrected chi connectivity index (χ1v) is 6.06. The molecule has 1 aliphatic rings. The predicted octanol–water partition coefficient (Wildman–Crippen LogP) is 1.50. The first kappa shape index (κ1) is 12.8. The molecule has 0 bridgehead atoms. The number of carbonyl (C=O) groups is 1. The number of hydrogen-bond acceptors (Lipinski definition) is 4. The molecule has 0 radical (unpaired) electrons. The molecule has 5 heteroatoms. The summed E-state index contributed by atoms with van der Waals surface area (Å²) in [7, 11) is 1.61. The molecular formula is C13H18N2O3. The van der Waals surface area contributed by atoms with E-state index < -0.39 is 11.5 Å². The van der Waals surface area contributed by atoms with Crippen molar-refractivity contribution < 1.29 is 14.6 Å². The van der Waals surface area contributed by atoms with E-state index in [-0.39, 0.29) is 0 Å². The summed E-state index contributed by atoms with van der Waals surface area (Å²) in [6.45, 7) is 2.34. The Labute approximate surface area is 106 Å². The molecule has 18 heavy (non-hydrogen) atoms. The van der Waals surface area contributed by atoms with Gasteiger partial charge in [-0.1, -0.05) is 0 Å². The van der Waals surface area contributed by atoms with E-state index in [9.17, 15) is 9.90 Å². The molecule has 1 heterocycles. The van der Waals surface area contributed by atoms with Crippen molar-refractivity contribution in [2.45, 2.75) is 38.3 Å². The van der Waals surface area contributed by atoms with Crippen LogP contribution in [0.3, 0.4) is 0 Å². The highest BCUT2D eigenvalue weighted by atomic mass is 16.5. The maximum Gasteiger partial charge on any atom is 0.323 e. The van der Waals surface area contributed by atoms with Crippen molar-refractivity contribution >= 4 is 5.97 Å². The summed E-state index contributed by atoms with van der Waals surface area (Å²) in [5.74, 6) is -0.0225. The van der Waals surface area contributed by atoms with Crippen LogP contribution in [0.5, 0.6) is 5.75 Å². The van der Waals surface area contributed by atoms with Crippen molar-refractivity contribution in [1.29, 1.82) is 0 Å². The van der Waals surface area contributed by atoms with Gasteiger partial charge < -0.3 is 9.84 Å². The summed E-state index contributed by atoms with van der Waals surface area (Å²) in [6.07, 6.45) is 2.33. The van der Waals surface area contributed by atoms with E-state index in [1.165, 1.54) is 0 Å². The highest BCUT2D eigenvalue weighted by Gasteiger charge is 2.43. The number of carboxylic acids is 1. The van der Waals surface area contributed by atoms with Gasteiger partial charge in [0.05, 0.1) is 12.8 Å². The van der Waals surface area contributed by atoms with Crippen molar-refractivity contribution in [3.8, 4) is 5.75 Å². The number of carboxylic acid groups (broad SMARTS) is 1. The molecule has 98 valence electrons. The Balaban J connectivity index is 2.06. The third kappa shape index (κ3) is 2.46. The zero-order valence-electron chi connectivity index (χ0n) is 10.7. The average molecular weight is 250 g/mol. The zero-order chi connectivity index (χ0) is 13.2. The van der Waals surface area contributed by atoms with Crippen LogP contribution < -0.4 is 10.1 Å². The number of pyridine rings is 1. The molecule has 0 spiro atoms. The minimum atomic E-state index is -0.770. The summed E-state index contributed by atoms with van der Waals surface area (Å²) >= 11 is 0. The number of hydrogen-bond donors (Lipinski definition) is 2. The van der Waals surface area contributed by atoms with Gasteiger partial charge in [-0.05, 0) is 26.2 Å². The number of aryl methyl sites for hydroxylation is 1. The maximum atomic E-state index is 11.2. The number of ether oxygens (including phenoxy) is 1. The Morgan fingerprint density at radius 1 is 1.56 bits per heavy atom. The smallest absolute Gasteiger partial charge is 0.323 e. The van der Waals surface area contributed by atoms with Crippen molar-refractivity contribution in [1.82, 2.24) is 10.3 Å². The lowest BCUT2D eigenvalue weighted by Gasteiger charge is -2.38. The van der Waals surface area contributed by atoms with Gasteiger partial charge in [0, 0.05) is 24.4 Å². The molecule has 1 fully saturated rings. The van der Waals surface area contributed by atoms with Crippen molar-refractivity contribution in [3.05, 3.63) is 23.5 Å². The van der Waals surface area contributed by atoms with E-state index in [1.54, 1.807) is 7.11 Å². The predicted molar refractivity (Wildman–Crippen MR) is 66.6 cm³/mol. The van der Waals surface area contributed by atoms with Crippen molar-refractivity contribution in [2.24, 2.45) is 0 Å². The number of rotatable bonds is 5. The fourth-order valence-corrected chi connectivity index (χ4v) is 2.17. The Kier molecular flexibility index (Phi) is 3.52. The van der Waals surface area contributed by atoms with Crippen LogP contribution in [-0.2, 0) is 11.3 Å². The molecule has 2 rings (SSSR count). The minimum absolute atomic E-state index is 0.449. The molecule has 2 N–H and O–H groups in total. The first-order valence-electron chi connectivity index (χ1n) is 6.06. The van der Waals surface area contributed by atoms with Gasteiger partial charge in [0.25, 0.3) is 0 Å². The summed E-state index contributed by atoms with van der Waals surface area (Å²) in [5.41, 5.74) is 0.919. The third-order valence-corrected chi connectivity index (χ3v) is 3.44. The summed E-state index contributed by atoms with van der Waals surface area (Å²) in [6, 6.07) is 3.67. The Bertz CT molecular complexity index is 456. The number of aliphatic carboxylic acids is 1. The largest absolute Gasteiger partial charge is 0.497 e. The lowest BCUT2D eigenvalue weighted by Crippen LogP contribution is -2.56. The van der Waals surface area contributed by atoms with Gasteiger partial charge in [0.1, 0.15) is 11.3 Å². The molecule has 0 aliphatic heterocycles. The minimum Gasteiger partial charge on any atom is -0.497 e. The average Bonchev–Trinajstić information content (AvgIpc) is 2.26. The van der Waals surface area contributed by atoms with Crippen LogP contribution in [0.15, 0.2) is 12.1 Å². The van der Waals surface area contributed by atoms with Crippen LogP contribution in [0.25, 0.3) is 0 Å². The summed E-state index contributed by atoms with van der Waals surface area (Å²) in [4.78, 5) is 15.6. The van der Waals surface area contributed by atoms with Gasteiger partial charge >= 0.3 is 5.97 Å². The third-order valence-electron chi connectivity index (χ3n) is 3.44. The van der Waals surface area contributed by atoms with Gasteiger partial charge in [0.15, 0.2) is 0 Å². The highest BCUT2D eigenvalue weighted by molar-refractivity contribution is 5.79. The number of nitrogens with zero attached hydrogens (tertiary/aromatic N) is 1. The van der Waals surface area contributed by atoms with E-state index in [2.05, 4.69) is 10.3 Å². The second-order valence-corrected chi connectivity index (χ2v) is 4.73. The summed E-state index contributed by atoms with van der Waals surface area (Å²) in [5, 5.41) is 12.3. The van der Waals surface area contributed by atoms with Crippen molar-refractivity contribution in [3.63, 3.8) is 0 Å². The molecular weight excluding hydrogens is 232 g/mol. The molecule has 0 atom stereocenters. The second-order valence-electron chi connectivity index (χ2n) is 4.73. The van der Waals surface area contributed by atoms with Gasteiger partial charge in [-0.25, -0.2) is 0 Å². The van der Waals surface area contributed by atoms with Crippen molar-refractivity contribution in [2.75, 3.05) is 7.11 Å². The van der Waals surface area contributed by atoms with Crippen LogP contribution in [0.1, 0.15) is 30.7 Å². The zero-order valence-corrected chi connectivity index (χ0v) is 10.7. The lowest BCUT2D eigenvalue weighted by atomic mass is 9.77.